The van der Waals surface area contributed by atoms with Crippen LogP contribution in [-0.4, -0.2) is 42.9 Å². The molecule has 0 aliphatic carbocycles. The van der Waals surface area contributed by atoms with Crippen molar-refractivity contribution in [2.24, 2.45) is 5.73 Å². The number of carbonyl (C=O) groups is 2. The lowest BCUT2D eigenvalue weighted by atomic mass is 10.0. The molecule has 0 spiro atoms. The minimum atomic E-state index is -0.858. The van der Waals surface area contributed by atoms with Crippen LogP contribution in [0.3, 0.4) is 0 Å². The maximum atomic E-state index is 13.1. The molecule has 184 valence electrons. The number of rotatable bonds is 7. The number of hydrogen-bond donors (Lipinski definition) is 4. The first kappa shape index (κ1) is 25.5. The molecular formula is C25H33N3O6. The summed E-state index contributed by atoms with van der Waals surface area (Å²) in [6.45, 7) is 0.696. The molecule has 5 N–H and O–H groups in total. The molecule has 2 amide bonds. The van der Waals surface area contributed by atoms with Crippen LogP contribution in [-0.2, 0) is 27.4 Å². The monoisotopic (exact) mass is 471 g/mol. The lowest BCUT2D eigenvalue weighted by Gasteiger charge is -2.24. The zero-order valence-electron chi connectivity index (χ0n) is 19.4. The van der Waals surface area contributed by atoms with Gasteiger partial charge in [0.25, 0.3) is 5.91 Å². The van der Waals surface area contributed by atoms with Gasteiger partial charge in [0.2, 0.25) is 5.91 Å². The van der Waals surface area contributed by atoms with Crippen LogP contribution in [0.25, 0.3) is 0 Å². The van der Waals surface area contributed by atoms with E-state index in [1.807, 2.05) is 24.3 Å². The van der Waals surface area contributed by atoms with Gasteiger partial charge in [-0.05, 0) is 61.1 Å². The molecule has 3 rings (SSSR count). The standard InChI is InChI=1S/C25H33N3O6/c1-32-19-14-17-7-6-12-33-24(20(26)8-2-5-11-23(29)28-31)25(30)27-21-9-3-4-10-22(21)34-16-18(13-17)15-19/h3-4,9-10,13-15,20,24,31H,2,5-8,11-12,16,26H2,1H3,(H,27,30)(H,28,29)/t20-,24-/m0/s1. The molecule has 0 aromatic heterocycles. The number of aryl methyl sites for hydroxylation is 1. The van der Waals surface area contributed by atoms with Crippen LogP contribution in [0.2, 0.25) is 0 Å². The number of fused-ring (bicyclic) bond motifs is 3. The number of amides is 2. The Balaban J connectivity index is 1.76. The summed E-state index contributed by atoms with van der Waals surface area (Å²) in [7, 11) is 1.64. The summed E-state index contributed by atoms with van der Waals surface area (Å²) in [5.74, 6) is 0.520. The van der Waals surface area contributed by atoms with Crippen molar-refractivity contribution in [3.8, 4) is 11.5 Å². The van der Waals surface area contributed by atoms with Gasteiger partial charge in [-0.25, -0.2) is 5.48 Å². The summed E-state index contributed by atoms with van der Waals surface area (Å²) >= 11 is 0. The molecule has 9 heteroatoms. The Morgan fingerprint density at radius 2 is 2.06 bits per heavy atom. The lowest BCUT2D eigenvalue weighted by Crippen LogP contribution is -2.45. The maximum Gasteiger partial charge on any atom is 0.255 e. The third-order valence-corrected chi connectivity index (χ3v) is 5.67. The Labute approximate surface area is 199 Å². The molecule has 2 atom stereocenters. The van der Waals surface area contributed by atoms with Gasteiger partial charge in [0.15, 0.2) is 6.10 Å². The molecule has 9 nitrogen and oxygen atoms in total. The molecule has 2 bridgehead atoms. The van der Waals surface area contributed by atoms with E-state index in [-0.39, 0.29) is 12.3 Å². The molecule has 2 aromatic rings. The van der Waals surface area contributed by atoms with Gasteiger partial charge in [-0.2, -0.15) is 0 Å². The summed E-state index contributed by atoms with van der Waals surface area (Å²) in [6, 6.07) is 12.7. The smallest absolute Gasteiger partial charge is 0.255 e. The Hall–Kier alpha value is -3.14. The van der Waals surface area contributed by atoms with E-state index in [1.54, 1.807) is 24.7 Å². The Bertz CT molecular complexity index is 967. The molecule has 0 radical (unpaired) electrons. The summed E-state index contributed by atoms with van der Waals surface area (Å²) in [5.41, 5.74) is 10.6. The Morgan fingerprint density at radius 1 is 1.26 bits per heavy atom. The average molecular weight is 472 g/mol. The molecule has 0 saturated carbocycles. The van der Waals surface area contributed by atoms with Crippen molar-refractivity contribution in [2.45, 2.75) is 57.3 Å². The van der Waals surface area contributed by atoms with Crippen molar-refractivity contribution in [3.63, 3.8) is 0 Å². The SMILES string of the molecule is COc1cc2cc(c1)COc1ccccc1NC(=O)[C@H]([C@@H](N)CCCCC(=O)NO)OCCC2. The molecule has 0 unspecified atom stereocenters. The van der Waals surface area contributed by atoms with Crippen molar-refractivity contribution in [1.82, 2.24) is 5.48 Å². The third-order valence-electron chi connectivity index (χ3n) is 5.67. The zero-order valence-corrected chi connectivity index (χ0v) is 19.4. The van der Waals surface area contributed by atoms with E-state index >= 15 is 0 Å². The fraction of sp³-hybridized carbons (Fsp3) is 0.440. The van der Waals surface area contributed by atoms with Crippen LogP contribution in [0.4, 0.5) is 5.69 Å². The first-order valence-electron chi connectivity index (χ1n) is 11.5. The van der Waals surface area contributed by atoms with Crippen molar-refractivity contribution in [2.75, 3.05) is 19.0 Å². The van der Waals surface area contributed by atoms with Crippen LogP contribution in [0.15, 0.2) is 42.5 Å². The Morgan fingerprint density at radius 3 is 2.85 bits per heavy atom. The summed E-state index contributed by atoms with van der Waals surface area (Å²) in [6.07, 6.45) is 2.45. The van der Waals surface area contributed by atoms with Gasteiger partial charge in [-0.15, -0.1) is 0 Å². The van der Waals surface area contributed by atoms with Gasteiger partial charge in [-0.1, -0.05) is 24.6 Å². The van der Waals surface area contributed by atoms with Gasteiger partial charge in [0.05, 0.1) is 12.8 Å². The van der Waals surface area contributed by atoms with E-state index in [4.69, 9.17) is 25.2 Å². The third kappa shape index (κ3) is 7.44. The zero-order chi connectivity index (χ0) is 24.3. The number of hydroxylamine groups is 1. The number of para-hydroxylation sites is 2. The number of benzene rings is 2. The van der Waals surface area contributed by atoms with Crippen LogP contribution < -0.4 is 26.0 Å². The highest BCUT2D eigenvalue weighted by atomic mass is 16.5. The van der Waals surface area contributed by atoms with Gasteiger partial charge < -0.3 is 25.3 Å². The first-order valence-corrected chi connectivity index (χ1v) is 11.5. The van der Waals surface area contributed by atoms with E-state index < -0.39 is 18.1 Å². The minimum Gasteiger partial charge on any atom is -0.497 e. The molecule has 0 saturated heterocycles. The number of unbranched alkanes of at least 4 members (excludes halogenated alkanes) is 1. The van der Waals surface area contributed by atoms with Gasteiger partial charge in [0.1, 0.15) is 18.1 Å². The van der Waals surface area contributed by atoms with Crippen molar-refractivity contribution in [1.29, 1.82) is 0 Å². The molecule has 1 aliphatic heterocycles. The number of hydrogen-bond acceptors (Lipinski definition) is 7. The number of nitrogens with one attached hydrogen (secondary N) is 2. The topological polar surface area (TPSA) is 132 Å². The highest BCUT2D eigenvalue weighted by molar-refractivity contribution is 5.96. The Kier molecular flexibility index (Phi) is 9.69. The largest absolute Gasteiger partial charge is 0.497 e. The molecule has 1 heterocycles. The van der Waals surface area contributed by atoms with Crippen LogP contribution in [0.1, 0.15) is 43.2 Å². The molecular weight excluding hydrogens is 438 g/mol. The fourth-order valence-corrected chi connectivity index (χ4v) is 3.89. The van der Waals surface area contributed by atoms with E-state index in [0.29, 0.717) is 50.3 Å². The van der Waals surface area contributed by atoms with Gasteiger partial charge >= 0.3 is 0 Å². The number of ether oxygens (including phenoxy) is 3. The predicted molar refractivity (Wildman–Crippen MR) is 127 cm³/mol. The van der Waals surface area contributed by atoms with E-state index in [0.717, 1.165) is 23.3 Å². The number of methoxy groups -OCH3 is 1. The molecule has 1 aliphatic rings. The molecule has 0 fully saturated rings. The highest BCUT2D eigenvalue weighted by Crippen LogP contribution is 2.27. The average Bonchev–Trinajstić information content (AvgIpc) is 2.85. The lowest BCUT2D eigenvalue weighted by molar-refractivity contribution is -0.130. The van der Waals surface area contributed by atoms with Crippen LogP contribution >= 0.6 is 0 Å². The van der Waals surface area contributed by atoms with Crippen molar-refractivity contribution in [3.05, 3.63) is 53.6 Å². The maximum absolute atomic E-state index is 13.1. The van der Waals surface area contributed by atoms with Crippen molar-refractivity contribution < 1.29 is 29.0 Å². The normalized spacial score (nSPS) is 17.4. The minimum absolute atomic E-state index is 0.189. The van der Waals surface area contributed by atoms with Crippen molar-refractivity contribution >= 4 is 17.5 Å². The second-order valence-electron chi connectivity index (χ2n) is 8.30. The summed E-state index contributed by atoms with van der Waals surface area (Å²) in [5, 5.41) is 11.5. The first-order chi connectivity index (χ1) is 16.5. The van der Waals surface area contributed by atoms with E-state index in [9.17, 15) is 9.59 Å². The molecule has 2 aromatic carbocycles. The van der Waals surface area contributed by atoms with Crippen LogP contribution in [0, 0.1) is 0 Å². The second kappa shape index (κ2) is 12.9. The van der Waals surface area contributed by atoms with Gasteiger partial charge in [-0.3, -0.25) is 14.8 Å². The molecule has 34 heavy (non-hydrogen) atoms. The number of nitrogens with two attached hydrogens (primary N) is 1. The summed E-state index contributed by atoms with van der Waals surface area (Å²) < 4.78 is 17.4. The second-order valence-corrected chi connectivity index (χ2v) is 8.30. The fourth-order valence-electron chi connectivity index (χ4n) is 3.89. The van der Waals surface area contributed by atoms with E-state index in [1.165, 1.54) is 0 Å². The van der Waals surface area contributed by atoms with Crippen LogP contribution in [0.5, 0.6) is 11.5 Å². The number of anilines is 1. The van der Waals surface area contributed by atoms with Gasteiger partial charge in [0, 0.05) is 19.1 Å². The summed E-state index contributed by atoms with van der Waals surface area (Å²) in [4.78, 5) is 24.3. The number of carbonyl (C=O) groups excluding carboxylic acids is 2. The quantitative estimate of drug-likeness (QED) is 0.277. The highest BCUT2D eigenvalue weighted by Gasteiger charge is 2.27. The predicted octanol–water partition coefficient (Wildman–Crippen LogP) is 2.94. The van der Waals surface area contributed by atoms with E-state index in [2.05, 4.69) is 11.4 Å².